The maximum Gasteiger partial charge on any atom is 0.256 e. The molecule has 182 valence electrons. The highest BCUT2D eigenvalue weighted by Crippen LogP contribution is 2.13. The third kappa shape index (κ3) is 14.8. The summed E-state index contributed by atoms with van der Waals surface area (Å²) in [6, 6.07) is 0. The molecule has 0 aliphatic carbocycles. The van der Waals surface area contributed by atoms with Crippen molar-refractivity contribution in [3.8, 4) is 0 Å². The molecule has 0 atom stereocenters. The molecule has 2 nitrogen and oxygen atoms in total. The van der Waals surface area contributed by atoms with Gasteiger partial charge in [0, 0.05) is 6.42 Å². The van der Waals surface area contributed by atoms with Crippen molar-refractivity contribution in [2.24, 2.45) is 0 Å². The van der Waals surface area contributed by atoms with Gasteiger partial charge in [0.2, 0.25) is 0 Å². The van der Waals surface area contributed by atoms with Crippen LogP contribution in [0, 0.1) is 0 Å². The monoisotopic (exact) mass is 433 g/mol. The van der Waals surface area contributed by atoms with Crippen LogP contribution in [0.15, 0.2) is 12.4 Å². The van der Waals surface area contributed by atoms with Gasteiger partial charge in [0.15, 0.2) is 0 Å². The van der Waals surface area contributed by atoms with E-state index in [1.807, 2.05) is 0 Å². The summed E-state index contributed by atoms with van der Waals surface area (Å²) in [5.41, 5.74) is 0. The van der Waals surface area contributed by atoms with Crippen molar-refractivity contribution in [3.05, 3.63) is 18.2 Å². The SMILES string of the molecule is CCCCCCCCCCCCc1n(CCCC)cc[n+]1CCCCCCCCCC. The molecule has 0 amide bonds. The van der Waals surface area contributed by atoms with Gasteiger partial charge in [-0.2, -0.15) is 0 Å². The van der Waals surface area contributed by atoms with Crippen molar-refractivity contribution in [1.82, 2.24) is 4.57 Å². The molecule has 0 saturated heterocycles. The van der Waals surface area contributed by atoms with Crippen molar-refractivity contribution in [1.29, 1.82) is 0 Å². The minimum absolute atomic E-state index is 1.20. The standard InChI is InChI=1S/C29H57N2/c1-4-7-10-12-14-16-17-18-20-22-24-29-30(25-9-6-3)27-28-31(29)26-23-21-19-15-13-11-8-5-2/h27-28H,4-26H2,1-3H3/q+1. The van der Waals surface area contributed by atoms with Crippen LogP contribution in [-0.2, 0) is 19.5 Å². The van der Waals surface area contributed by atoms with E-state index in [-0.39, 0.29) is 0 Å². The van der Waals surface area contributed by atoms with E-state index >= 15 is 0 Å². The summed E-state index contributed by atoms with van der Waals surface area (Å²) < 4.78 is 5.14. The molecule has 0 radical (unpaired) electrons. The van der Waals surface area contributed by atoms with Gasteiger partial charge in [0.05, 0.1) is 13.1 Å². The van der Waals surface area contributed by atoms with Gasteiger partial charge in [-0.15, -0.1) is 0 Å². The number of hydrogen-bond acceptors (Lipinski definition) is 0. The first-order valence-corrected chi connectivity index (χ1v) is 14.4. The summed E-state index contributed by atoms with van der Waals surface area (Å²) in [4.78, 5) is 0. The molecule has 0 bridgehead atoms. The van der Waals surface area contributed by atoms with Crippen molar-refractivity contribution in [2.75, 3.05) is 0 Å². The lowest BCUT2D eigenvalue weighted by Crippen LogP contribution is -2.37. The average molecular weight is 434 g/mol. The molecule has 2 heteroatoms. The number of aromatic nitrogens is 2. The second kappa shape index (κ2) is 21.1. The minimum atomic E-state index is 1.20. The van der Waals surface area contributed by atoms with E-state index in [4.69, 9.17) is 0 Å². The van der Waals surface area contributed by atoms with Crippen molar-refractivity contribution in [3.63, 3.8) is 0 Å². The lowest BCUT2D eigenvalue weighted by atomic mass is 10.1. The largest absolute Gasteiger partial charge is 0.256 e. The third-order valence-electron chi connectivity index (χ3n) is 6.85. The predicted molar refractivity (Wildman–Crippen MR) is 138 cm³/mol. The molecule has 0 aromatic carbocycles. The van der Waals surface area contributed by atoms with Crippen molar-refractivity contribution < 1.29 is 4.57 Å². The fraction of sp³-hybridized carbons (Fsp3) is 0.897. The normalized spacial score (nSPS) is 11.5. The van der Waals surface area contributed by atoms with Gasteiger partial charge < -0.3 is 0 Å². The second-order valence-electron chi connectivity index (χ2n) is 9.86. The minimum Gasteiger partial charge on any atom is -0.234 e. The van der Waals surface area contributed by atoms with E-state index in [9.17, 15) is 0 Å². The quantitative estimate of drug-likeness (QED) is 0.120. The van der Waals surface area contributed by atoms with Crippen LogP contribution < -0.4 is 4.57 Å². The molecule has 31 heavy (non-hydrogen) atoms. The summed E-state index contributed by atoms with van der Waals surface area (Å²) in [7, 11) is 0. The van der Waals surface area contributed by atoms with E-state index in [2.05, 4.69) is 42.3 Å². The van der Waals surface area contributed by atoms with E-state index in [0.29, 0.717) is 0 Å². The highest BCUT2D eigenvalue weighted by molar-refractivity contribution is 4.84. The summed E-state index contributed by atoms with van der Waals surface area (Å²) in [5, 5.41) is 0. The number of hydrogen-bond donors (Lipinski definition) is 0. The van der Waals surface area contributed by atoms with E-state index in [1.165, 1.54) is 148 Å². The summed E-state index contributed by atoms with van der Waals surface area (Å²) >= 11 is 0. The Bertz CT molecular complexity index is 491. The Balaban J connectivity index is 2.25. The Kier molecular flexibility index (Phi) is 19.2. The maximum absolute atomic E-state index is 2.58. The van der Waals surface area contributed by atoms with Gasteiger partial charge in [-0.05, 0) is 25.7 Å². The van der Waals surface area contributed by atoms with Gasteiger partial charge in [-0.1, -0.05) is 124 Å². The summed E-state index contributed by atoms with van der Waals surface area (Å²) in [6.07, 6.45) is 34.1. The number of nitrogens with zero attached hydrogens (tertiary/aromatic N) is 2. The van der Waals surface area contributed by atoms with E-state index < -0.39 is 0 Å². The highest BCUT2D eigenvalue weighted by atomic mass is 15.1. The Labute approximate surface area is 196 Å². The average Bonchev–Trinajstić information content (AvgIpc) is 3.16. The van der Waals surface area contributed by atoms with Crippen LogP contribution in [0.3, 0.4) is 0 Å². The topological polar surface area (TPSA) is 8.81 Å². The Morgan fingerprint density at radius 1 is 0.548 bits per heavy atom. The first kappa shape index (κ1) is 28.2. The Morgan fingerprint density at radius 2 is 1.00 bits per heavy atom. The van der Waals surface area contributed by atoms with E-state index in [1.54, 1.807) is 5.82 Å². The van der Waals surface area contributed by atoms with Gasteiger partial charge in [-0.3, -0.25) is 0 Å². The molecule has 0 aliphatic rings. The zero-order chi connectivity index (χ0) is 22.4. The number of aryl methyl sites for hydroxylation is 2. The third-order valence-corrected chi connectivity index (χ3v) is 6.85. The molecule has 0 saturated carbocycles. The Morgan fingerprint density at radius 3 is 1.52 bits per heavy atom. The summed E-state index contributed by atoms with van der Waals surface area (Å²) in [5.74, 6) is 1.59. The fourth-order valence-corrected chi connectivity index (χ4v) is 4.71. The van der Waals surface area contributed by atoms with Crippen LogP contribution in [0.4, 0.5) is 0 Å². The number of unbranched alkanes of at least 4 members (excludes halogenated alkanes) is 17. The second-order valence-corrected chi connectivity index (χ2v) is 9.86. The van der Waals surface area contributed by atoms with Crippen LogP contribution >= 0.6 is 0 Å². The van der Waals surface area contributed by atoms with Crippen molar-refractivity contribution >= 4 is 0 Å². The molecule has 0 spiro atoms. The van der Waals surface area contributed by atoms with Crippen molar-refractivity contribution in [2.45, 2.75) is 169 Å². The molecule has 1 aromatic rings. The smallest absolute Gasteiger partial charge is 0.234 e. The zero-order valence-corrected chi connectivity index (χ0v) is 21.8. The van der Waals surface area contributed by atoms with Gasteiger partial charge in [0.1, 0.15) is 12.4 Å². The fourth-order valence-electron chi connectivity index (χ4n) is 4.71. The molecular formula is C29H57N2+. The molecule has 1 aromatic heterocycles. The zero-order valence-electron chi connectivity index (χ0n) is 21.8. The highest BCUT2D eigenvalue weighted by Gasteiger charge is 2.16. The van der Waals surface area contributed by atoms with Crippen LogP contribution in [0.1, 0.15) is 155 Å². The molecule has 0 aliphatic heterocycles. The first-order valence-electron chi connectivity index (χ1n) is 14.4. The molecule has 0 unspecified atom stereocenters. The van der Waals surface area contributed by atoms with E-state index in [0.717, 1.165) is 0 Å². The molecular weight excluding hydrogens is 376 g/mol. The molecule has 0 fully saturated rings. The van der Waals surface area contributed by atoms with Crippen LogP contribution in [0.5, 0.6) is 0 Å². The Hall–Kier alpha value is -0.790. The van der Waals surface area contributed by atoms with Crippen LogP contribution in [-0.4, -0.2) is 4.57 Å². The lowest BCUT2D eigenvalue weighted by molar-refractivity contribution is -0.704. The molecule has 1 heterocycles. The predicted octanol–water partition coefficient (Wildman–Crippen LogP) is 9.18. The molecule has 1 rings (SSSR count). The summed E-state index contributed by atoms with van der Waals surface area (Å²) in [6.45, 7) is 9.34. The number of rotatable bonds is 23. The lowest BCUT2D eigenvalue weighted by Gasteiger charge is -2.06. The van der Waals surface area contributed by atoms with Gasteiger partial charge in [0.25, 0.3) is 5.82 Å². The maximum atomic E-state index is 2.58. The van der Waals surface area contributed by atoms with Gasteiger partial charge in [-0.25, -0.2) is 9.13 Å². The van der Waals surface area contributed by atoms with Gasteiger partial charge >= 0.3 is 0 Å². The first-order chi connectivity index (χ1) is 15.3. The number of imidazole rings is 1. The van der Waals surface area contributed by atoms with Crippen LogP contribution in [0.2, 0.25) is 0 Å². The molecule has 0 N–H and O–H groups in total. The van der Waals surface area contributed by atoms with Crippen LogP contribution in [0.25, 0.3) is 0 Å².